The highest BCUT2D eigenvalue weighted by Gasteiger charge is 2.42. The molecule has 0 aromatic rings. The molecule has 1 fully saturated rings. The first-order chi connectivity index (χ1) is 8.21. The van der Waals surface area contributed by atoms with Crippen LogP contribution in [0.15, 0.2) is 0 Å². The molecule has 4 nitrogen and oxygen atoms in total. The van der Waals surface area contributed by atoms with Gasteiger partial charge in [0.1, 0.15) is 6.10 Å². The van der Waals surface area contributed by atoms with E-state index in [1.165, 1.54) is 0 Å². The van der Waals surface area contributed by atoms with Crippen molar-refractivity contribution in [3.8, 4) is 0 Å². The van der Waals surface area contributed by atoms with Crippen LogP contribution in [0.1, 0.15) is 33.6 Å². The minimum absolute atomic E-state index is 0.0118. The SMILES string of the molecule is COC1CC[C@H](O[Si](C)(C)C(C)(C)C)[C@@H](CO)O1. The Bertz CT molecular complexity index is 262. The van der Waals surface area contributed by atoms with Gasteiger partial charge in [-0.1, -0.05) is 20.8 Å². The van der Waals surface area contributed by atoms with Gasteiger partial charge in [-0.15, -0.1) is 0 Å². The van der Waals surface area contributed by atoms with Gasteiger partial charge in [0.2, 0.25) is 0 Å². The van der Waals surface area contributed by atoms with Crippen molar-refractivity contribution in [3.05, 3.63) is 0 Å². The van der Waals surface area contributed by atoms with Crippen LogP contribution in [0.5, 0.6) is 0 Å². The molecule has 0 aromatic heterocycles. The van der Waals surface area contributed by atoms with Crippen LogP contribution in [-0.4, -0.2) is 45.6 Å². The summed E-state index contributed by atoms with van der Waals surface area (Å²) in [5.41, 5.74) is 0. The Hall–Kier alpha value is 0.0569. The molecule has 1 unspecified atom stereocenters. The smallest absolute Gasteiger partial charge is 0.192 e. The van der Waals surface area contributed by atoms with E-state index >= 15 is 0 Å². The van der Waals surface area contributed by atoms with Gasteiger partial charge in [0.25, 0.3) is 0 Å². The molecule has 1 aliphatic rings. The monoisotopic (exact) mass is 276 g/mol. The fraction of sp³-hybridized carbons (Fsp3) is 1.00. The van der Waals surface area contributed by atoms with Crippen molar-refractivity contribution in [1.29, 1.82) is 0 Å². The average Bonchev–Trinajstić information content (AvgIpc) is 2.27. The predicted octanol–water partition coefficient (Wildman–Crippen LogP) is 2.52. The Labute approximate surface area is 112 Å². The Morgan fingerprint density at radius 3 is 2.33 bits per heavy atom. The number of hydrogen-bond donors (Lipinski definition) is 1. The van der Waals surface area contributed by atoms with Crippen molar-refractivity contribution >= 4 is 8.32 Å². The fourth-order valence-electron chi connectivity index (χ4n) is 1.86. The summed E-state index contributed by atoms with van der Waals surface area (Å²) < 4.78 is 17.2. The first-order valence-corrected chi connectivity index (χ1v) is 9.59. The fourth-order valence-corrected chi connectivity index (χ4v) is 3.24. The van der Waals surface area contributed by atoms with E-state index in [9.17, 15) is 5.11 Å². The average molecular weight is 276 g/mol. The molecule has 0 bridgehead atoms. The molecule has 1 rings (SSSR count). The van der Waals surface area contributed by atoms with E-state index in [4.69, 9.17) is 13.9 Å². The van der Waals surface area contributed by atoms with Crippen LogP contribution < -0.4 is 0 Å². The lowest BCUT2D eigenvalue weighted by atomic mass is 10.1. The van der Waals surface area contributed by atoms with Crippen molar-refractivity contribution in [3.63, 3.8) is 0 Å². The Morgan fingerprint density at radius 1 is 1.28 bits per heavy atom. The molecule has 1 heterocycles. The summed E-state index contributed by atoms with van der Waals surface area (Å²) in [6, 6.07) is 0. The third kappa shape index (κ3) is 3.77. The standard InChI is InChI=1S/C13H28O4Si/c1-13(2,3)18(5,6)17-10-7-8-12(15-4)16-11(10)9-14/h10-12,14H,7-9H2,1-6H3/t10-,11+,12?/m0/s1. The summed E-state index contributed by atoms with van der Waals surface area (Å²) >= 11 is 0. The number of ether oxygens (including phenoxy) is 2. The van der Waals surface area contributed by atoms with Crippen molar-refractivity contribution in [1.82, 2.24) is 0 Å². The van der Waals surface area contributed by atoms with Crippen LogP contribution in [0.4, 0.5) is 0 Å². The zero-order chi connectivity index (χ0) is 14.0. The first-order valence-electron chi connectivity index (χ1n) is 6.68. The van der Waals surface area contributed by atoms with E-state index in [1.54, 1.807) is 7.11 Å². The Balaban J connectivity index is 2.66. The number of rotatable bonds is 4. The zero-order valence-corrected chi connectivity index (χ0v) is 13.5. The second-order valence-electron chi connectivity index (χ2n) is 6.52. The summed E-state index contributed by atoms with van der Waals surface area (Å²) in [4.78, 5) is 0. The maximum atomic E-state index is 9.43. The molecular weight excluding hydrogens is 248 g/mol. The number of methoxy groups -OCH3 is 1. The second-order valence-corrected chi connectivity index (χ2v) is 11.3. The minimum Gasteiger partial charge on any atom is -0.411 e. The maximum Gasteiger partial charge on any atom is 0.192 e. The molecule has 18 heavy (non-hydrogen) atoms. The van der Waals surface area contributed by atoms with E-state index in [0.29, 0.717) is 0 Å². The lowest BCUT2D eigenvalue weighted by Gasteiger charge is -2.43. The molecule has 5 heteroatoms. The van der Waals surface area contributed by atoms with Gasteiger partial charge in [0.15, 0.2) is 14.6 Å². The molecule has 0 amide bonds. The lowest BCUT2D eigenvalue weighted by Crippen LogP contribution is -2.51. The van der Waals surface area contributed by atoms with E-state index in [-0.39, 0.29) is 30.1 Å². The molecule has 1 saturated heterocycles. The molecule has 1 aliphatic heterocycles. The molecule has 3 atom stereocenters. The quantitative estimate of drug-likeness (QED) is 0.802. The van der Waals surface area contributed by atoms with Crippen molar-refractivity contribution in [2.24, 2.45) is 0 Å². The van der Waals surface area contributed by atoms with Gasteiger partial charge in [-0.3, -0.25) is 0 Å². The van der Waals surface area contributed by atoms with E-state index in [1.807, 2.05) is 0 Å². The van der Waals surface area contributed by atoms with Crippen LogP contribution >= 0.6 is 0 Å². The Morgan fingerprint density at radius 2 is 1.89 bits per heavy atom. The summed E-state index contributed by atoms with van der Waals surface area (Å²) in [6.45, 7) is 11.1. The summed E-state index contributed by atoms with van der Waals surface area (Å²) in [5.74, 6) is 0. The van der Waals surface area contributed by atoms with Crippen LogP contribution in [0, 0.1) is 0 Å². The molecule has 0 aliphatic carbocycles. The van der Waals surface area contributed by atoms with Gasteiger partial charge in [0.05, 0.1) is 12.7 Å². The van der Waals surface area contributed by atoms with Crippen molar-refractivity contribution in [2.45, 2.75) is 70.2 Å². The van der Waals surface area contributed by atoms with Gasteiger partial charge in [0, 0.05) is 13.5 Å². The molecule has 108 valence electrons. The maximum absolute atomic E-state index is 9.43. The second kappa shape index (κ2) is 6.01. The normalized spacial score (nSPS) is 30.5. The van der Waals surface area contributed by atoms with Crippen LogP contribution in [-0.2, 0) is 13.9 Å². The molecule has 0 saturated carbocycles. The number of aliphatic hydroxyl groups excluding tert-OH is 1. The van der Waals surface area contributed by atoms with Crippen LogP contribution in [0.25, 0.3) is 0 Å². The van der Waals surface area contributed by atoms with Crippen LogP contribution in [0.3, 0.4) is 0 Å². The third-order valence-corrected chi connectivity index (χ3v) is 8.63. The van der Waals surface area contributed by atoms with Gasteiger partial charge < -0.3 is 19.0 Å². The highest BCUT2D eigenvalue weighted by atomic mass is 28.4. The number of aliphatic hydroxyl groups is 1. The van der Waals surface area contributed by atoms with Crippen LogP contribution in [0.2, 0.25) is 18.1 Å². The van der Waals surface area contributed by atoms with Gasteiger partial charge in [-0.2, -0.15) is 0 Å². The molecule has 0 aromatic carbocycles. The first kappa shape index (κ1) is 16.1. The van der Waals surface area contributed by atoms with Gasteiger partial charge in [-0.05, 0) is 24.6 Å². The summed E-state index contributed by atoms with van der Waals surface area (Å²) in [5, 5.41) is 9.60. The number of hydrogen-bond acceptors (Lipinski definition) is 4. The highest BCUT2D eigenvalue weighted by molar-refractivity contribution is 6.74. The van der Waals surface area contributed by atoms with E-state index in [2.05, 4.69) is 33.9 Å². The Kier molecular flexibility index (Phi) is 5.38. The highest BCUT2D eigenvalue weighted by Crippen LogP contribution is 2.39. The summed E-state index contributed by atoms with van der Waals surface area (Å²) in [7, 11) is -0.181. The largest absolute Gasteiger partial charge is 0.411 e. The molecule has 0 spiro atoms. The lowest BCUT2D eigenvalue weighted by molar-refractivity contribution is -0.216. The molecular formula is C13H28O4Si. The van der Waals surface area contributed by atoms with Crippen molar-refractivity contribution < 1.29 is 19.0 Å². The van der Waals surface area contributed by atoms with Gasteiger partial charge in [-0.25, -0.2) is 0 Å². The van der Waals surface area contributed by atoms with E-state index < -0.39 is 8.32 Å². The van der Waals surface area contributed by atoms with Crippen molar-refractivity contribution in [2.75, 3.05) is 13.7 Å². The topological polar surface area (TPSA) is 47.9 Å². The zero-order valence-electron chi connectivity index (χ0n) is 12.5. The molecule has 0 radical (unpaired) electrons. The van der Waals surface area contributed by atoms with E-state index in [0.717, 1.165) is 12.8 Å². The molecule has 1 N–H and O–H groups in total. The minimum atomic E-state index is -1.81. The predicted molar refractivity (Wildman–Crippen MR) is 74.1 cm³/mol. The van der Waals surface area contributed by atoms with Gasteiger partial charge >= 0.3 is 0 Å². The third-order valence-electron chi connectivity index (χ3n) is 4.12. The summed E-state index contributed by atoms with van der Waals surface area (Å²) in [6.07, 6.45) is 1.23.